The Morgan fingerprint density at radius 3 is 2.37 bits per heavy atom. The molecular weight excluding hydrogens is 484 g/mol. The number of nitrogens with two attached hydrogens (primary N) is 1. The molecule has 38 heavy (non-hydrogen) atoms. The number of rotatable bonds is 4. The second-order valence-corrected chi connectivity index (χ2v) is 10.1. The van der Waals surface area contributed by atoms with Gasteiger partial charge in [-0.05, 0) is 23.3 Å². The summed E-state index contributed by atoms with van der Waals surface area (Å²) in [5, 5.41) is 9.76. The number of nitrogens with zero attached hydrogens (tertiary/aromatic N) is 6. The molecule has 2 aromatic carbocycles. The van der Waals surface area contributed by atoms with Crippen molar-refractivity contribution in [3.8, 4) is 33.9 Å². The van der Waals surface area contributed by atoms with E-state index < -0.39 is 11.5 Å². The first-order valence-corrected chi connectivity index (χ1v) is 12.3. The minimum atomic E-state index is -2.70. The second kappa shape index (κ2) is 8.00. The van der Waals surface area contributed by atoms with E-state index in [9.17, 15) is 8.78 Å². The molecule has 0 unspecified atom stereocenters. The Bertz CT molecular complexity index is 1810. The fourth-order valence-corrected chi connectivity index (χ4v) is 5.39. The number of pyridine rings is 2. The van der Waals surface area contributed by atoms with Crippen LogP contribution in [0.15, 0.2) is 85.5 Å². The maximum atomic E-state index is 13.6. The molecule has 7 nitrogen and oxygen atoms in total. The Labute approximate surface area is 216 Å². The van der Waals surface area contributed by atoms with E-state index in [1.807, 2.05) is 89.1 Å². The van der Waals surface area contributed by atoms with E-state index in [1.165, 1.54) is 0 Å². The second-order valence-electron chi connectivity index (χ2n) is 10.1. The molecule has 1 saturated carbocycles. The molecule has 0 radical (unpaired) electrons. The van der Waals surface area contributed by atoms with Gasteiger partial charge < -0.3 is 10.3 Å². The largest absolute Gasteiger partial charge is 0.340 e. The Balaban J connectivity index is 1.38. The van der Waals surface area contributed by atoms with Crippen LogP contribution in [0.1, 0.15) is 18.4 Å². The van der Waals surface area contributed by atoms with Crippen LogP contribution in [-0.2, 0) is 12.6 Å². The zero-order valence-corrected chi connectivity index (χ0v) is 20.5. The molecule has 4 aromatic heterocycles. The van der Waals surface area contributed by atoms with Gasteiger partial charge in [0.25, 0.3) is 5.92 Å². The van der Waals surface area contributed by atoms with Crippen molar-refractivity contribution in [2.75, 3.05) is 0 Å². The molecule has 0 atom stereocenters. The molecule has 0 saturated heterocycles. The third kappa shape index (κ3) is 3.58. The normalized spacial score (nSPS) is 16.1. The number of imidazole rings is 1. The van der Waals surface area contributed by atoms with Gasteiger partial charge >= 0.3 is 0 Å². The SMILES string of the molecule is Cn1cnc(-c2nnc3c4cc(-c5ccccc5)c(-c5ccc(C6(N)CC(F)(F)C6)cc5)nc4ccn23)c1. The molecule has 0 aliphatic heterocycles. The Morgan fingerprint density at radius 2 is 1.68 bits per heavy atom. The van der Waals surface area contributed by atoms with Crippen molar-refractivity contribution >= 4 is 16.6 Å². The third-order valence-electron chi connectivity index (χ3n) is 7.27. The summed E-state index contributed by atoms with van der Waals surface area (Å²) >= 11 is 0. The number of fused-ring (bicyclic) bond motifs is 3. The van der Waals surface area contributed by atoms with Crippen LogP contribution in [0.2, 0.25) is 0 Å². The highest BCUT2D eigenvalue weighted by molar-refractivity contribution is 5.98. The summed E-state index contributed by atoms with van der Waals surface area (Å²) in [7, 11) is 1.91. The predicted octanol–water partition coefficient (Wildman–Crippen LogP) is 5.60. The van der Waals surface area contributed by atoms with Crippen LogP contribution >= 0.6 is 0 Å². The summed E-state index contributed by atoms with van der Waals surface area (Å²) < 4.78 is 30.9. The minimum Gasteiger partial charge on any atom is -0.340 e. The van der Waals surface area contributed by atoms with E-state index in [0.717, 1.165) is 39.0 Å². The summed E-state index contributed by atoms with van der Waals surface area (Å²) in [6.07, 6.45) is 4.86. The van der Waals surface area contributed by atoms with Gasteiger partial charge in [-0.2, -0.15) is 0 Å². The number of alkyl halides is 2. The monoisotopic (exact) mass is 507 g/mol. The van der Waals surface area contributed by atoms with Gasteiger partial charge in [0, 0.05) is 48.8 Å². The van der Waals surface area contributed by atoms with Crippen LogP contribution in [0, 0.1) is 0 Å². The lowest BCUT2D eigenvalue weighted by Gasteiger charge is -2.44. The van der Waals surface area contributed by atoms with Crippen LogP contribution in [0.4, 0.5) is 8.78 Å². The maximum Gasteiger partial charge on any atom is 0.252 e. The van der Waals surface area contributed by atoms with Gasteiger partial charge in [0.15, 0.2) is 11.5 Å². The summed E-state index contributed by atoms with van der Waals surface area (Å²) in [4.78, 5) is 9.48. The molecule has 188 valence electrons. The lowest BCUT2D eigenvalue weighted by molar-refractivity contribution is -0.125. The molecule has 1 aliphatic rings. The molecule has 0 bridgehead atoms. The van der Waals surface area contributed by atoms with Crippen LogP contribution in [0.3, 0.4) is 0 Å². The van der Waals surface area contributed by atoms with Crippen molar-refractivity contribution in [1.82, 2.24) is 29.1 Å². The molecular formula is C29H23F2N7. The van der Waals surface area contributed by atoms with Gasteiger partial charge in [0.05, 0.1) is 23.1 Å². The smallest absolute Gasteiger partial charge is 0.252 e. The summed E-state index contributed by atoms with van der Waals surface area (Å²) in [6.45, 7) is 0. The fourth-order valence-electron chi connectivity index (χ4n) is 5.39. The predicted molar refractivity (Wildman–Crippen MR) is 141 cm³/mol. The Hall–Kier alpha value is -4.50. The molecule has 0 spiro atoms. The van der Waals surface area contributed by atoms with E-state index in [0.29, 0.717) is 17.0 Å². The van der Waals surface area contributed by atoms with E-state index in [2.05, 4.69) is 21.2 Å². The van der Waals surface area contributed by atoms with Crippen LogP contribution < -0.4 is 5.73 Å². The molecule has 9 heteroatoms. The molecule has 1 fully saturated rings. The summed E-state index contributed by atoms with van der Waals surface area (Å²) in [5.74, 6) is -2.04. The fraction of sp³-hybridized carbons (Fsp3) is 0.172. The van der Waals surface area contributed by atoms with Crippen molar-refractivity contribution in [2.45, 2.75) is 24.3 Å². The zero-order valence-electron chi connectivity index (χ0n) is 20.5. The lowest BCUT2D eigenvalue weighted by atomic mass is 9.70. The number of aryl methyl sites for hydroxylation is 1. The van der Waals surface area contributed by atoms with Crippen LogP contribution in [-0.4, -0.2) is 35.1 Å². The standard InChI is InChI=1S/C29H23F2N7/c1-37-14-24(33-17-37)27-36-35-26-22-13-21(18-5-3-2-4-6-18)25(34-23(22)11-12-38(26)27)19-7-9-20(10-8-19)28(32)15-29(30,31)16-28/h2-14,17H,15-16,32H2,1H3. The molecule has 2 N–H and O–H groups in total. The van der Waals surface area contributed by atoms with Gasteiger partial charge in [0.2, 0.25) is 0 Å². The van der Waals surface area contributed by atoms with Crippen LogP contribution in [0.5, 0.6) is 0 Å². The van der Waals surface area contributed by atoms with Crippen molar-refractivity contribution in [3.63, 3.8) is 0 Å². The molecule has 7 rings (SSSR count). The molecule has 4 heterocycles. The van der Waals surface area contributed by atoms with Crippen molar-refractivity contribution in [3.05, 3.63) is 91.0 Å². The first-order valence-electron chi connectivity index (χ1n) is 12.3. The zero-order chi connectivity index (χ0) is 26.1. The third-order valence-corrected chi connectivity index (χ3v) is 7.27. The number of aromatic nitrogens is 6. The Kier molecular flexibility index (Phi) is 4.77. The topological polar surface area (TPSA) is 86.9 Å². The van der Waals surface area contributed by atoms with E-state index in [4.69, 9.17) is 10.7 Å². The minimum absolute atomic E-state index is 0.336. The summed E-state index contributed by atoms with van der Waals surface area (Å²) in [5.41, 5.74) is 11.8. The molecule has 0 amide bonds. The van der Waals surface area contributed by atoms with Gasteiger partial charge in [-0.15, -0.1) is 10.2 Å². The highest BCUT2D eigenvalue weighted by Gasteiger charge is 2.55. The molecule has 1 aliphatic carbocycles. The van der Waals surface area contributed by atoms with Gasteiger partial charge in [0.1, 0.15) is 5.69 Å². The van der Waals surface area contributed by atoms with Crippen molar-refractivity contribution in [1.29, 1.82) is 0 Å². The maximum absolute atomic E-state index is 13.6. The quantitative estimate of drug-likeness (QED) is 0.336. The van der Waals surface area contributed by atoms with E-state index in [-0.39, 0.29) is 12.8 Å². The molecule has 6 aromatic rings. The van der Waals surface area contributed by atoms with E-state index >= 15 is 0 Å². The first kappa shape index (κ1) is 22.7. The average Bonchev–Trinajstić information content (AvgIpc) is 3.53. The van der Waals surface area contributed by atoms with Crippen molar-refractivity contribution in [2.24, 2.45) is 12.8 Å². The van der Waals surface area contributed by atoms with E-state index in [1.54, 1.807) is 6.33 Å². The van der Waals surface area contributed by atoms with Gasteiger partial charge in [-0.3, -0.25) is 4.40 Å². The van der Waals surface area contributed by atoms with Gasteiger partial charge in [-0.25, -0.2) is 18.7 Å². The van der Waals surface area contributed by atoms with Gasteiger partial charge in [-0.1, -0.05) is 54.6 Å². The highest BCUT2D eigenvalue weighted by atomic mass is 19.3. The van der Waals surface area contributed by atoms with Crippen LogP contribution in [0.25, 0.3) is 50.5 Å². The number of halogens is 2. The highest BCUT2D eigenvalue weighted by Crippen LogP contribution is 2.50. The average molecular weight is 508 g/mol. The van der Waals surface area contributed by atoms with Crippen molar-refractivity contribution < 1.29 is 8.78 Å². The lowest BCUT2D eigenvalue weighted by Crippen LogP contribution is -2.55. The number of hydrogen-bond acceptors (Lipinski definition) is 5. The number of benzene rings is 2. The Morgan fingerprint density at radius 1 is 0.921 bits per heavy atom. The number of hydrogen-bond donors (Lipinski definition) is 1. The first-order chi connectivity index (χ1) is 18.3. The summed E-state index contributed by atoms with van der Waals surface area (Å²) in [6, 6.07) is 21.5.